The van der Waals surface area contributed by atoms with Crippen LogP contribution in [-0.2, 0) is 4.79 Å². The molecule has 2 aromatic heterocycles. The van der Waals surface area contributed by atoms with Crippen LogP contribution in [0.25, 0.3) is 22.6 Å². The van der Waals surface area contributed by atoms with Crippen molar-refractivity contribution in [1.82, 2.24) is 20.3 Å². The number of pyridine rings is 1. The van der Waals surface area contributed by atoms with Crippen LogP contribution in [0.1, 0.15) is 38.7 Å². The summed E-state index contributed by atoms with van der Waals surface area (Å²) in [5.41, 5.74) is 0.970. The topological polar surface area (TPSA) is 109 Å². The zero-order chi connectivity index (χ0) is 25.9. The van der Waals surface area contributed by atoms with Gasteiger partial charge in [-0.15, -0.1) is 0 Å². The molecule has 3 amide bonds. The van der Waals surface area contributed by atoms with E-state index in [1.54, 1.807) is 37.5 Å². The Morgan fingerprint density at radius 1 is 1.08 bits per heavy atom. The van der Waals surface area contributed by atoms with E-state index in [0.717, 1.165) is 12.8 Å². The van der Waals surface area contributed by atoms with E-state index in [1.807, 2.05) is 0 Å². The lowest BCUT2D eigenvalue weighted by Gasteiger charge is -2.15. The summed E-state index contributed by atoms with van der Waals surface area (Å²) in [5.74, 6) is 0.231. The van der Waals surface area contributed by atoms with Crippen LogP contribution in [0.3, 0.4) is 0 Å². The number of carbonyl (C=O) groups is 2. The lowest BCUT2D eigenvalue weighted by Crippen LogP contribution is -2.32. The number of anilines is 2. The predicted octanol–water partition coefficient (Wildman–Crippen LogP) is 5.26. The van der Waals surface area contributed by atoms with E-state index in [2.05, 4.69) is 30.9 Å². The quantitative estimate of drug-likeness (QED) is 0.396. The Kier molecular flexibility index (Phi) is 7.23. The second kappa shape index (κ2) is 10.3. The number of halogens is 2. The van der Waals surface area contributed by atoms with Crippen molar-refractivity contribution < 1.29 is 18.4 Å². The third-order valence-electron chi connectivity index (χ3n) is 5.72. The molecule has 0 saturated heterocycles. The fraction of sp³-hybridized carbons (Fsp3) is 0.346. The maximum atomic E-state index is 14.6. The van der Waals surface area contributed by atoms with Crippen LogP contribution in [-0.4, -0.2) is 39.1 Å². The number of hydrogen-bond donors (Lipinski definition) is 3. The Morgan fingerprint density at radius 2 is 1.83 bits per heavy atom. The Balaban J connectivity index is 1.54. The van der Waals surface area contributed by atoms with E-state index in [9.17, 15) is 18.4 Å². The molecule has 0 atom stereocenters. The fourth-order valence-electron chi connectivity index (χ4n) is 3.54. The van der Waals surface area contributed by atoms with Crippen LogP contribution in [0.4, 0.5) is 25.1 Å². The van der Waals surface area contributed by atoms with Crippen molar-refractivity contribution in [2.24, 2.45) is 5.92 Å². The van der Waals surface area contributed by atoms with Gasteiger partial charge in [0.15, 0.2) is 5.82 Å². The monoisotopic (exact) mass is 494 g/mol. The van der Waals surface area contributed by atoms with Crippen LogP contribution < -0.4 is 16.0 Å². The van der Waals surface area contributed by atoms with Crippen molar-refractivity contribution in [3.63, 3.8) is 0 Å². The smallest absolute Gasteiger partial charge is 0.319 e. The summed E-state index contributed by atoms with van der Waals surface area (Å²) < 4.78 is 28.2. The average molecular weight is 495 g/mol. The van der Waals surface area contributed by atoms with Crippen molar-refractivity contribution >= 4 is 23.4 Å². The highest BCUT2D eigenvalue weighted by Crippen LogP contribution is 2.31. The van der Waals surface area contributed by atoms with Crippen LogP contribution in [0.15, 0.2) is 42.7 Å². The summed E-state index contributed by atoms with van der Waals surface area (Å²) in [5, 5.41) is 7.82. The van der Waals surface area contributed by atoms with Gasteiger partial charge in [0.2, 0.25) is 5.91 Å². The Labute approximate surface area is 208 Å². The highest BCUT2D eigenvalue weighted by Gasteiger charge is 2.29. The third-order valence-corrected chi connectivity index (χ3v) is 5.72. The zero-order valence-corrected chi connectivity index (χ0v) is 20.4. The fourth-order valence-corrected chi connectivity index (χ4v) is 3.54. The lowest BCUT2D eigenvalue weighted by molar-refractivity contribution is -0.117. The number of urea groups is 1. The maximum absolute atomic E-state index is 14.6. The SMILES string of the molecule is Cc1cc(F)c(NC(=O)NCCC(C)(C)F)cc1-c1ccnc(-c2ccnc(NC(=O)C3CC3)c2)n1. The molecule has 10 heteroatoms. The van der Waals surface area contributed by atoms with Crippen molar-refractivity contribution in [2.75, 3.05) is 17.2 Å². The molecule has 3 N–H and O–H groups in total. The second-order valence-electron chi connectivity index (χ2n) is 9.46. The van der Waals surface area contributed by atoms with E-state index in [4.69, 9.17) is 0 Å². The molecular formula is C26H28F2N6O2. The highest BCUT2D eigenvalue weighted by atomic mass is 19.1. The van der Waals surface area contributed by atoms with E-state index in [0.29, 0.717) is 34.0 Å². The molecule has 2 heterocycles. The Morgan fingerprint density at radius 3 is 2.56 bits per heavy atom. The normalized spacial score (nSPS) is 13.2. The molecule has 0 unspecified atom stereocenters. The summed E-state index contributed by atoms with van der Waals surface area (Å²) >= 11 is 0. The summed E-state index contributed by atoms with van der Waals surface area (Å²) in [4.78, 5) is 37.4. The average Bonchev–Trinajstić information content (AvgIpc) is 3.66. The molecule has 0 radical (unpaired) electrons. The van der Waals surface area contributed by atoms with E-state index in [-0.39, 0.29) is 30.5 Å². The van der Waals surface area contributed by atoms with Crippen molar-refractivity contribution in [3.8, 4) is 22.6 Å². The molecule has 1 aromatic carbocycles. The summed E-state index contributed by atoms with van der Waals surface area (Å²) in [6.07, 6.45) is 5.07. The number of nitrogens with one attached hydrogen (secondary N) is 3. The van der Waals surface area contributed by atoms with Crippen LogP contribution in [0, 0.1) is 18.7 Å². The third kappa shape index (κ3) is 6.59. The van der Waals surface area contributed by atoms with Gasteiger partial charge in [0.05, 0.1) is 11.4 Å². The molecule has 36 heavy (non-hydrogen) atoms. The van der Waals surface area contributed by atoms with E-state index in [1.165, 1.54) is 26.0 Å². The first kappa shape index (κ1) is 25.2. The lowest BCUT2D eigenvalue weighted by atomic mass is 10.0. The van der Waals surface area contributed by atoms with Crippen LogP contribution in [0.2, 0.25) is 0 Å². The molecule has 1 saturated carbocycles. The van der Waals surface area contributed by atoms with Gasteiger partial charge >= 0.3 is 6.03 Å². The van der Waals surface area contributed by atoms with Crippen LogP contribution >= 0.6 is 0 Å². The number of hydrogen-bond acceptors (Lipinski definition) is 5. The van der Waals surface area contributed by atoms with Gasteiger partial charge in [0.1, 0.15) is 17.3 Å². The van der Waals surface area contributed by atoms with Crippen LogP contribution in [0.5, 0.6) is 0 Å². The number of benzene rings is 1. The molecule has 0 bridgehead atoms. The number of alkyl halides is 1. The van der Waals surface area contributed by atoms with Gasteiger partial charge in [-0.25, -0.2) is 28.5 Å². The van der Waals surface area contributed by atoms with Gasteiger partial charge in [-0.2, -0.15) is 0 Å². The molecule has 1 fully saturated rings. The zero-order valence-electron chi connectivity index (χ0n) is 20.4. The Bertz CT molecular complexity index is 1290. The van der Waals surface area contributed by atoms with Gasteiger partial charge in [-0.3, -0.25) is 4.79 Å². The first-order valence-electron chi connectivity index (χ1n) is 11.7. The molecule has 1 aliphatic rings. The standard InChI is InChI=1S/C26H28F2N6O2/c1-15-12-19(27)21(33-25(36)31-11-8-26(2,3)28)14-18(15)20-7-10-30-23(32-20)17-6-9-29-22(13-17)34-24(35)16-4-5-16/h6-7,9-10,12-14,16H,4-5,8,11H2,1-3H3,(H,29,34,35)(H2,31,33,36). The number of aryl methyl sites for hydroxylation is 1. The minimum absolute atomic E-state index is 0.0262. The summed E-state index contributed by atoms with van der Waals surface area (Å²) in [6, 6.07) is 7.31. The molecule has 3 aromatic rings. The molecule has 0 aliphatic heterocycles. The van der Waals surface area contributed by atoms with Gasteiger partial charge < -0.3 is 16.0 Å². The minimum atomic E-state index is -1.42. The van der Waals surface area contributed by atoms with Gasteiger partial charge in [0.25, 0.3) is 0 Å². The molecule has 0 spiro atoms. The summed E-state index contributed by atoms with van der Waals surface area (Å²) in [6.45, 7) is 4.70. The Hall–Kier alpha value is -3.95. The minimum Gasteiger partial charge on any atom is -0.338 e. The number of carbonyl (C=O) groups excluding carboxylic acids is 2. The van der Waals surface area contributed by atoms with Gasteiger partial charge in [-0.1, -0.05) is 0 Å². The maximum Gasteiger partial charge on any atom is 0.319 e. The van der Waals surface area contributed by atoms with Crippen molar-refractivity contribution in [2.45, 2.75) is 45.7 Å². The molecule has 1 aliphatic carbocycles. The van der Waals surface area contributed by atoms with E-state index >= 15 is 0 Å². The summed E-state index contributed by atoms with van der Waals surface area (Å²) in [7, 11) is 0. The number of amides is 3. The molecular weight excluding hydrogens is 466 g/mol. The second-order valence-corrected chi connectivity index (χ2v) is 9.46. The largest absolute Gasteiger partial charge is 0.338 e. The molecule has 8 nitrogen and oxygen atoms in total. The first-order chi connectivity index (χ1) is 17.1. The van der Waals surface area contributed by atoms with Gasteiger partial charge in [0, 0.05) is 36.0 Å². The van der Waals surface area contributed by atoms with Crippen molar-refractivity contribution in [1.29, 1.82) is 0 Å². The van der Waals surface area contributed by atoms with Crippen molar-refractivity contribution in [3.05, 3.63) is 54.1 Å². The number of aromatic nitrogens is 3. The van der Waals surface area contributed by atoms with Gasteiger partial charge in [-0.05, 0) is 75.9 Å². The number of nitrogens with zero attached hydrogens (tertiary/aromatic N) is 3. The number of rotatable bonds is 8. The highest BCUT2D eigenvalue weighted by molar-refractivity contribution is 5.93. The predicted molar refractivity (Wildman–Crippen MR) is 134 cm³/mol. The molecule has 188 valence electrons. The van der Waals surface area contributed by atoms with E-state index < -0.39 is 17.5 Å². The first-order valence-corrected chi connectivity index (χ1v) is 11.7. The molecule has 4 rings (SSSR count).